The van der Waals surface area contributed by atoms with Gasteiger partial charge in [-0.15, -0.1) is 0 Å². The van der Waals surface area contributed by atoms with Crippen LogP contribution in [-0.4, -0.2) is 30.0 Å². The van der Waals surface area contributed by atoms with E-state index in [0.29, 0.717) is 0 Å². The molecular weight excluding hydrogens is 361 g/mol. The van der Waals surface area contributed by atoms with Crippen molar-refractivity contribution < 1.29 is 28.4 Å². The molecule has 0 heterocycles. The SMILES string of the molecule is COc1ccc(C(=O)NNC(=O)[C@H](C)Oc2ccccc2F)cc1[N+](=O)[O-]. The van der Waals surface area contributed by atoms with Gasteiger partial charge in [-0.2, -0.15) is 0 Å². The van der Waals surface area contributed by atoms with Crippen LogP contribution in [-0.2, 0) is 4.79 Å². The number of nitro benzene ring substituents is 1. The predicted octanol–water partition coefficient (Wildman–Crippen LogP) is 1.97. The molecule has 0 unspecified atom stereocenters. The Bertz CT molecular complexity index is 873. The molecule has 0 aliphatic rings. The molecule has 1 atom stereocenters. The Morgan fingerprint density at radius 1 is 1.15 bits per heavy atom. The molecule has 2 N–H and O–H groups in total. The molecule has 0 bridgehead atoms. The van der Waals surface area contributed by atoms with Crippen molar-refractivity contribution in [3.8, 4) is 11.5 Å². The number of rotatable bonds is 6. The minimum absolute atomic E-state index is 0.00695. The van der Waals surface area contributed by atoms with Crippen LogP contribution in [0.1, 0.15) is 17.3 Å². The zero-order valence-electron chi connectivity index (χ0n) is 14.4. The molecule has 0 saturated carbocycles. The number of halogens is 1. The van der Waals surface area contributed by atoms with Crippen molar-refractivity contribution in [1.82, 2.24) is 10.9 Å². The molecule has 27 heavy (non-hydrogen) atoms. The van der Waals surface area contributed by atoms with E-state index in [4.69, 9.17) is 9.47 Å². The number of para-hydroxylation sites is 1. The second-order valence-electron chi connectivity index (χ2n) is 5.28. The first kappa shape index (κ1) is 19.6. The molecule has 0 aliphatic carbocycles. The van der Waals surface area contributed by atoms with Crippen molar-refractivity contribution in [2.24, 2.45) is 0 Å². The molecule has 2 amide bonds. The first-order chi connectivity index (χ1) is 12.8. The standard InChI is InChI=1S/C17H16FN3O6/c1-10(27-14-6-4-3-5-12(14)18)16(22)19-20-17(23)11-7-8-15(26-2)13(9-11)21(24)25/h3-10H,1-2H3,(H,19,22)(H,20,23)/t10-/m0/s1. The molecule has 0 fully saturated rings. The normalized spacial score (nSPS) is 11.2. The van der Waals surface area contributed by atoms with Gasteiger partial charge in [0.25, 0.3) is 11.8 Å². The highest BCUT2D eigenvalue weighted by atomic mass is 19.1. The van der Waals surface area contributed by atoms with Crippen molar-refractivity contribution in [2.45, 2.75) is 13.0 Å². The average Bonchev–Trinajstić information content (AvgIpc) is 2.66. The van der Waals surface area contributed by atoms with Gasteiger partial charge in [0.2, 0.25) is 0 Å². The lowest BCUT2D eigenvalue weighted by Crippen LogP contribution is -2.47. The topological polar surface area (TPSA) is 120 Å². The minimum Gasteiger partial charge on any atom is -0.490 e. The fourth-order valence-electron chi connectivity index (χ4n) is 2.05. The number of benzene rings is 2. The average molecular weight is 377 g/mol. The summed E-state index contributed by atoms with van der Waals surface area (Å²) in [7, 11) is 1.26. The van der Waals surface area contributed by atoms with Crippen LogP contribution >= 0.6 is 0 Å². The lowest BCUT2D eigenvalue weighted by molar-refractivity contribution is -0.385. The predicted molar refractivity (Wildman–Crippen MR) is 91.7 cm³/mol. The third kappa shape index (κ3) is 4.91. The van der Waals surface area contributed by atoms with Crippen LogP contribution in [0.2, 0.25) is 0 Å². The van der Waals surface area contributed by atoms with E-state index in [1.165, 1.54) is 44.4 Å². The molecule has 2 aromatic rings. The maximum Gasteiger partial charge on any atom is 0.311 e. The van der Waals surface area contributed by atoms with Gasteiger partial charge < -0.3 is 9.47 Å². The summed E-state index contributed by atoms with van der Waals surface area (Å²) in [4.78, 5) is 34.3. The lowest BCUT2D eigenvalue weighted by Gasteiger charge is -2.15. The molecule has 0 radical (unpaired) electrons. The number of nitrogens with one attached hydrogen (secondary N) is 2. The summed E-state index contributed by atoms with van der Waals surface area (Å²) in [6, 6.07) is 9.13. The highest BCUT2D eigenvalue weighted by molar-refractivity contribution is 5.96. The number of amides is 2. The van der Waals surface area contributed by atoms with Gasteiger partial charge in [-0.1, -0.05) is 12.1 Å². The number of carbonyl (C=O) groups excluding carboxylic acids is 2. The maximum absolute atomic E-state index is 13.5. The van der Waals surface area contributed by atoms with Crippen molar-refractivity contribution in [2.75, 3.05) is 7.11 Å². The molecule has 10 heteroatoms. The Morgan fingerprint density at radius 3 is 2.48 bits per heavy atom. The molecular formula is C17H16FN3O6. The molecule has 2 aromatic carbocycles. The maximum atomic E-state index is 13.5. The summed E-state index contributed by atoms with van der Waals surface area (Å²) >= 11 is 0. The van der Waals surface area contributed by atoms with Crippen molar-refractivity contribution in [1.29, 1.82) is 0 Å². The number of nitrogens with zero attached hydrogens (tertiary/aromatic N) is 1. The van der Waals surface area contributed by atoms with Crippen LogP contribution < -0.4 is 20.3 Å². The van der Waals surface area contributed by atoms with E-state index < -0.39 is 34.3 Å². The summed E-state index contributed by atoms with van der Waals surface area (Å²) < 4.78 is 23.6. The Balaban J connectivity index is 1.98. The van der Waals surface area contributed by atoms with Gasteiger partial charge in [-0.05, 0) is 31.2 Å². The Hall–Kier alpha value is -3.69. The summed E-state index contributed by atoms with van der Waals surface area (Å²) in [5, 5.41) is 11.0. The fourth-order valence-corrected chi connectivity index (χ4v) is 2.05. The number of hydrogen-bond acceptors (Lipinski definition) is 6. The molecule has 0 aliphatic heterocycles. The van der Waals surface area contributed by atoms with Crippen LogP contribution in [0.15, 0.2) is 42.5 Å². The second kappa shape index (κ2) is 8.61. The molecule has 0 aromatic heterocycles. The van der Waals surface area contributed by atoms with Gasteiger partial charge in [0.05, 0.1) is 12.0 Å². The van der Waals surface area contributed by atoms with Gasteiger partial charge in [0.15, 0.2) is 23.4 Å². The second-order valence-corrected chi connectivity index (χ2v) is 5.28. The molecule has 0 saturated heterocycles. The summed E-state index contributed by atoms with van der Waals surface area (Å²) in [6.45, 7) is 1.37. The number of hydrogen-bond donors (Lipinski definition) is 2. The number of nitro groups is 1. The van der Waals surface area contributed by atoms with Crippen molar-refractivity contribution >= 4 is 17.5 Å². The van der Waals surface area contributed by atoms with E-state index in [-0.39, 0.29) is 17.1 Å². The monoisotopic (exact) mass is 377 g/mol. The third-order valence-electron chi connectivity index (χ3n) is 3.45. The van der Waals surface area contributed by atoms with Crippen LogP contribution in [0.3, 0.4) is 0 Å². The Kier molecular flexibility index (Phi) is 6.26. The Morgan fingerprint density at radius 2 is 1.85 bits per heavy atom. The van der Waals surface area contributed by atoms with Gasteiger partial charge >= 0.3 is 5.69 Å². The first-order valence-electron chi connectivity index (χ1n) is 7.67. The molecule has 0 spiro atoms. The van der Waals surface area contributed by atoms with Crippen LogP contribution in [0.4, 0.5) is 10.1 Å². The molecule has 9 nitrogen and oxygen atoms in total. The van der Waals surface area contributed by atoms with Crippen LogP contribution in [0, 0.1) is 15.9 Å². The van der Waals surface area contributed by atoms with E-state index in [2.05, 4.69) is 10.9 Å². The van der Waals surface area contributed by atoms with Gasteiger partial charge in [-0.3, -0.25) is 30.6 Å². The number of methoxy groups -OCH3 is 1. The van der Waals surface area contributed by atoms with E-state index in [0.717, 1.165) is 6.07 Å². The number of ether oxygens (including phenoxy) is 2. The zero-order valence-corrected chi connectivity index (χ0v) is 14.4. The van der Waals surface area contributed by atoms with Crippen LogP contribution in [0.25, 0.3) is 0 Å². The highest BCUT2D eigenvalue weighted by Crippen LogP contribution is 2.27. The summed E-state index contributed by atoms with van der Waals surface area (Å²) in [5.74, 6) is -2.28. The third-order valence-corrected chi connectivity index (χ3v) is 3.45. The van der Waals surface area contributed by atoms with Gasteiger partial charge in [0, 0.05) is 11.6 Å². The van der Waals surface area contributed by atoms with Crippen molar-refractivity contribution in [3.05, 3.63) is 64.0 Å². The summed E-state index contributed by atoms with van der Waals surface area (Å²) in [6.07, 6.45) is -1.10. The fraction of sp³-hybridized carbons (Fsp3) is 0.176. The Labute approximate surface area is 153 Å². The van der Waals surface area contributed by atoms with E-state index in [9.17, 15) is 24.1 Å². The van der Waals surface area contributed by atoms with Gasteiger partial charge in [-0.25, -0.2) is 4.39 Å². The molecule has 142 valence electrons. The minimum atomic E-state index is -1.10. The van der Waals surface area contributed by atoms with E-state index in [1.54, 1.807) is 6.07 Å². The van der Waals surface area contributed by atoms with E-state index >= 15 is 0 Å². The van der Waals surface area contributed by atoms with Crippen LogP contribution in [0.5, 0.6) is 11.5 Å². The lowest BCUT2D eigenvalue weighted by atomic mass is 10.2. The zero-order chi connectivity index (χ0) is 20.0. The number of carbonyl (C=O) groups is 2. The largest absolute Gasteiger partial charge is 0.490 e. The first-order valence-corrected chi connectivity index (χ1v) is 7.67. The number of hydrazine groups is 1. The highest BCUT2D eigenvalue weighted by Gasteiger charge is 2.20. The van der Waals surface area contributed by atoms with Gasteiger partial charge in [0.1, 0.15) is 0 Å². The smallest absolute Gasteiger partial charge is 0.311 e. The quantitative estimate of drug-likeness (QED) is 0.587. The molecule has 2 rings (SSSR count). The van der Waals surface area contributed by atoms with E-state index in [1.807, 2.05) is 0 Å². The van der Waals surface area contributed by atoms with Crippen molar-refractivity contribution in [3.63, 3.8) is 0 Å². The summed E-state index contributed by atoms with van der Waals surface area (Å²) in [5.41, 5.74) is 3.76.